The first-order chi connectivity index (χ1) is 5.41. The Labute approximate surface area is 76.5 Å². The lowest BCUT2D eigenvalue weighted by Crippen LogP contribution is -2.07. The summed E-state index contributed by atoms with van der Waals surface area (Å²) >= 11 is 2.96. The quantitative estimate of drug-likeness (QED) is 0.648. The number of hydrogen-bond acceptors (Lipinski definition) is 0. The van der Waals surface area contributed by atoms with Crippen LogP contribution in [0.15, 0.2) is 16.6 Å². The highest BCUT2D eigenvalue weighted by Crippen LogP contribution is 2.32. The molecule has 0 bridgehead atoms. The fraction of sp³-hybridized carbons (Fsp3) is 0.250. The summed E-state index contributed by atoms with van der Waals surface area (Å²) in [6.45, 7) is 1.38. The van der Waals surface area contributed by atoms with Crippen molar-refractivity contribution in [2.45, 2.75) is 13.1 Å². The van der Waals surface area contributed by atoms with Crippen molar-refractivity contribution in [3.05, 3.63) is 33.8 Å². The average molecular weight is 238 g/mol. The molecule has 0 aliphatic carbocycles. The van der Waals surface area contributed by atoms with Crippen LogP contribution >= 0.6 is 15.9 Å². The molecule has 12 heavy (non-hydrogen) atoms. The summed E-state index contributed by atoms with van der Waals surface area (Å²) in [6, 6.07) is 5.02. The van der Waals surface area contributed by atoms with E-state index in [1.54, 1.807) is 0 Å². The SMILES string of the molecule is Cc1[c]cc(Br)cc1C(F)(F)F. The molecule has 0 aliphatic rings. The van der Waals surface area contributed by atoms with E-state index >= 15 is 0 Å². The van der Waals surface area contributed by atoms with Gasteiger partial charge in [-0.3, -0.25) is 0 Å². The van der Waals surface area contributed by atoms with Crippen LogP contribution in [0, 0.1) is 13.0 Å². The highest BCUT2D eigenvalue weighted by molar-refractivity contribution is 9.10. The van der Waals surface area contributed by atoms with Gasteiger partial charge in [0.05, 0.1) is 5.56 Å². The van der Waals surface area contributed by atoms with Gasteiger partial charge in [0.1, 0.15) is 0 Å². The Kier molecular flexibility index (Phi) is 2.46. The minimum atomic E-state index is -4.29. The second-order valence-corrected chi connectivity index (χ2v) is 3.27. The van der Waals surface area contributed by atoms with Crippen molar-refractivity contribution in [2.75, 3.05) is 0 Å². The molecule has 0 nitrogen and oxygen atoms in total. The zero-order valence-electron chi connectivity index (χ0n) is 6.17. The van der Waals surface area contributed by atoms with Crippen molar-refractivity contribution < 1.29 is 13.2 Å². The van der Waals surface area contributed by atoms with Crippen LogP contribution < -0.4 is 0 Å². The van der Waals surface area contributed by atoms with Gasteiger partial charge < -0.3 is 0 Å². The van der Waals surface area contributed by atoms with Crippen LogP contribution in [0.4, 0.5) is 13.2 Å². The van der Waals surface area contributed by atoms with Crippen molar-refractivity contribution in [1.82, 2.24) is 0 Å². The summed E-state index contributed by atoms with van der Waals surface area (Å²) in [4.78, 5) is 0. The van der Waals surface area contributed by atoms with Crippen molar-refractivity contribution in [3.63, 3.8) is 0 Å². The van der Waals surface area contributed by atoms with Gasteiger partial charge >= 0.3 is 6.18 Å². The van der Waals surface area contributed by atoms with Crippen LogP contribution in [0.5, 0.6) is 0 Å². The van der Waals surface area contributed by atoms with Crippen LogP contribution in [0.3, 0.4) is 0 Å². The minimum absolute atomic E-state index is 0.116. The van der Waals surface area contributed by atoms with Gasteiger partial charge in [0.15, 0.2) is 0 Å². The lowest BCUT2D eigenvalue weighted by molar-refractivity contribution is -0.138. The molecule has 0 aliphatic heterocycles. The maximum atomic E-state index is 12.2. The maximum Gasteiger partial charge on any atom is 0.416 e. The van der Waals surface area contributed by atoms with E-state index < -0.39 is 11.7 Å². The third-order valence-corrected chi connectivity index (χ3v) is 1.88. The Bertz CT molecular complexity index is 291. The molecule has 1 aromatic carbocycles. The second-order valence-electron chi connectivity index (χ2n) is 2.35. The fourth-order valence-corrected chi connectivity index (χ4v) is 1.18. The molecular weight excluding hydrogens is 233 g/mol. The van der Waals surface area contributed by atoms with Crippen LogP contribution in [0.25, 0.3) is 0 Å². The number of benzene rings is 1. The van der Waals surface area contributed by atoms with E-state index in [9.17, 15) is 13.2 Å². The predicted molar refractivity (Wildman–Crippen MR) is 42.7 cm³/mol. The first-order valence-electron chi connectivity index (χ1n) is 3.16. The van der Waals surface area contributed by atoms with Crippen LogP contribution in [0.2, 0.25) is 0 Å². The van der Waals surface area contributed by atoms with Gasteiger partial charge in [0.2, 0.25) is 0 Å². The first kappa shape index (κ1) is 9.58. The summed E-state index contributed by atoms with van der Waals surface area (Å²) in [6.07, 6.45) is -4.29. The monoisotopic (exact) mass is 237 g/mol. The molecule has 0 saturated heterocycles. The van der Waals surface area contributed by atoms with Crippen molar-refractivity contribution in [1.29, 1.82) is 0 Å². The normalized spacial score (nSPS) is 11.8. The van der Waals surface area contributed by atoms with Crippen molar-refractivity contribution in [2.24, 2.45) is 0 Å². The minimum Gasteiger partial charge on any atom is -0.166 e. The molecule has 0 atom stereocenters. The number of alkyl halides is 3. The average Bonchev–Trinajstić information content (AvgIpc) is 1.92. The molecule has 4 heteroatoms. The van der Waals surface area contributed by atoms with Crippen molar-refractivity contribution in [3.8, 4) is 0 Å². The zero-order valence-corrected chi connectivity index (χ0v) is 7.75. The third kappa shape index (κ3) is 2.00. The van der Waals surface area contributed by atoms with E-state index in [1.165, 1.54) is 13.0 Å². The topological polar surface area (TPSA) is 0 Å². The van der Waals surface area contributed by atoms with E-state index in [1.807, 2.05) is 0 Å². The molecule has 65 valence electrons. The van der Waals surface area contributed by atoms with Crippen LogP contribution in [-0.2, 0) is 6.18 Å². The largest absolute Gasteiger partial charge is 0.416 e. The molecule has 0 spiro atoms. The molecule has 0 unspecified atom stereocenters. The second kappa shape index (κ2) is 3.09. The molecule has 1 radical (unpaired) electrons. The van der Waals surface area contributed by atoms with Gasteiger partial charge in [0, 0.05) is 4.47 Å². The highest BCUT2D eigenvalue weighted by Gasteiger charge is 2.32. The van der Waals surface area contributed by atoms with Gasteiger partial charge in [-0.25, -0.2) is 0 Å². The molecule has 1 rings (SSSR count). The van der Waals surface area contributed by atoms with Gasteiger partial charge in [-0.05, 0) is 30.7 Å². The molecule has 0 amide bonds. The van der Waals surface area contributed by atoms with E-state index in [0.29, 0.717) is 4.47 Å². The predicted octanol–water partition coefficient (Wildman–Crippen LogP) is 3.58. The highest BCUT2D eigenvalue weighted by atomic mass is 79.9. The summed E-state index contributed by atoms with van der Waals surface area (Å²) in [5.41, 5.74) is -0.525. The van der Waals surface area contributed by atoms with Crippen LogP contribution in [0.1, 0.15) is 11.1 Å². The summed E-state index contributed by atoms with van der Waals surface area (Å²) in [7, 11) is 0. The Balaban J connectivity index is 3.23. The summed E-state index contributed by atoms with van der Waals surface area (Å²) in [5.74, 6) is 0. The first-order valence-corrected chi connectivity index (χ1v) is 3.95. The lowest BCUT2D eigenvalue weighted by atomic mass is 10.1. The molecule has 0 aromatic heterocycles. The smallest absolute Gasteiger partial charge is 0.166 e. The summed E-state index contributed by atoms with van der Waals surface area (Å²) in [5, 5.41) is 0. The van der Waals surface area contributed by atoms with Gasteiger partial charge in [-0.1, -0.05) is 15.9 Å². The summed E-state index contributed by atoms with van der Waals surface area (Å²) < 4.78 is 37.0. The Morgan fingerprint density at radius 2 is 2.00 bits per heavy atom. The van der Waals surface area contributed by atoms with Crippen LogP contribution in [-0.4, -0.2) is 0 Å². The molecular formula is C8H5BrF3. The van der Waals surface area contributed by atoms with E-state index in [2.05, 4.69) is 22.0 Å². The van der Waals surface area contributed by atoms with Gasteiger partial charge in [-0.2, -0.15) is 13.2 Å². The molecule has 1 aromatic rings. The Hall–Kier alpha value is -0.510. The number of rotatable bonds is 0. The van der Waals surface area contributed by atoms with Gasteiger partial charge in [-0.15, -0.1) is 0 Å². The Morgan fingerprint density at radius 3 is 2.42 bits per heavy atom. The Morgan fingerprint density at radius 1 is 1.42 bits per heavy atom. The molecule has 0 saturated carbocycles. The lowest BCUT2D eigenvalue weighted by Gasteiger charge is -2.09. The fourth-order valence-electron chi connectivity index (χ4n) is 0.837. The van der Waals surface area contributed by atoms with Crippen molar-refractivity contribution >= 4 is 15.9 Å². The van der Waals surface area contributed by atoms with E-state index in [-0.39, 0.29) is 5.56 Å². The molecule has 0 fully saturated rings. The molecule has 0 N–H and O–H groups in total. The van der Waals surface area contributed by atoms with E-state index in [0.717, 1.165) is 6.07 Å². The third-order valence-electron chi connectivity index (χ3n) is 1.42. The van der Waals surface area contributed by atoms with Gasteiger partial charge in [0.25, 0.3) is 0 Å². The maximum absolute atomic E-state index is 12.2. The number of aryl methyl sites for hydroxylation is 1. The zero-order chi connectivity index (χ0) is 9.35. The number of halogens is 4. The van der Waals surface area contributed by atoms with E-state index in [4.69, 9.17) is 0 Å². The number of hydrogen-bond donors (Lipinski definition) is 0. The molecule has 0 heterocycles. The standard InChI is InChI=1S/C8H5BrF3/c1-5-2-3-6(9)4-7(5)8(10,11)12/h3-4H,1H3.